The Balaban J connectivity index is 3.01. The summed E-state index contributed by atoms with van der Waals surface area (Å²) in [7, 11) is 1.90. The molecule has 0 spiro atoms. The third-order valence-electron chi connectivity index (χ3n) is 5.00. The molecule has 0 aromatic carbocycles. The Kier molecular flexibility index (Phi) is 13.2. The Labute approximate surface area is 196 Å². The molecule has 0 saturated carbocycles. The fraction of sp³-hybridized carbons (Fsp3) is 0.522. The van der Waals surface area contributed by atoms with E-state index in [0.29, 0.717) is 29.4 Å². The first kappa shape index (κ1) is 27.2. The molecular weight excluding hydrogens is 429 g/mol. The number of aromatic nitrogens is 1. The van der Waals surface area contributed by atoms with Gasteiger partial charge in [-0.2, -0.15) is 4.39 Å². The lowest BCUT2D eigenvalue weighted by Gasteiger charge is -2.22. The van der Waals surface area contributed by atoms with E-state index in [1.807, 2.05) is 37.3 Å². The Morgan fingerprint density at radius 2 is 2.03 bits per heavy atom. The summed E-state index contributed by atoms with van der Waals surface area (Å²) in [5.74, 6) is 0.183. The quantitative estimate of drug-likeness (QED) is 0.123. The lowest BCUT2D eigenvalue weighted by atomic mass is 10.2. The molecule has 1 rings (SSSR count). The average molecular weight is 466 g/mol. The van der Waals surface area contributed by atoms with Gasteiger partial charge in [0.1, 0.15) is 10.9 Å². The van der Waals surface area contributed by atoms with Crippen molar-refractivity contribution in [2.45, 2.75) is 46.5 Å². The zero-order valence-corrected chi connectivity index (χ0v) is 21.1. The van der Waals surface area contributed by atoms with Gasteiger partial charge in [-0.1, -0.05) is 25.8 Å². The molecule has 0 saturated heterocycles. The highest BCUT2D eigenvalue weighted by Crippen LogP contribution is 2.21. The van der Waals surface area contributed by atoms with E-state index in [-0.39, 0.29) is 0 Å². The minimum atomic E-state index is -0.490. The third-order valence-corrected chi connectivity index (χ3v) is 5.96. The second-order valence-corrected chi connectivity index (χ2v) is 8.12. The minimum Gasteiger partial charge on any atom is -0.373 e. The Morgan fingerprint density at radius 3 is 2.55 bits per heavy atom. The summed E-state index contributed by atoms with van der Waals surface area (Å²) in [4.78, 5) is 13.0. The molecule has 8 heteroatoms. The van der Waals surface area contributed by atoms with Crippen LogP contribution in [0.2, 0.25) is 0 Å². The minimum absolute atomic E-state index is 0.420. The summed E-state index contributed by atoms with van der Waals surface area (Å²) in [6.07, 6.45) is 9.16. The van der Waals surface area contributed by atoms with Crippen molar-refractivity contribution in [1.29, 1.82) is 5.41 Å². The van der Waals surface area contributed by atoms with Crippen molar-refractivity contribution in [3.8, 4) is 0 Å². The largest absolute Gasteiger partial charge is 0.373 e. The summed E-state index contributed by atoms with van der Waals surface area (Å²) in [5.41, 5.74) is 2.00. The lowest BCUT2D eigenvalue weighted by molar-refractivity contribution is 0.443. The van der Waals surface area contributed by atoms with E-state index in [2.05, 4.69) is 36.4 Å². The molecule has 0 aliphatic rings. The molecule has 5 nitrogen and oxygen atoms in total. The summed E-state index contributed by atoms with van der Waals surface area (Å²) in [6.45, 7) is 8.52. The molecule has 0 fully saturated rings. The Hall–Kier alpha value is -1.80. The number of rotatable bonds is 13. The number of pyridine rings is 1. The normalized spacial score (nSPS) is 12.8. The maximum absolute atomic E-state index is 14.9. The van der Waals surface area contributed by atoms with E-state index in [1.165, 1.54) is 18.0 Å². The molecule has 1 heterocycles. The fourth-order valence-electron chi connectivity index (χ4n) is 3.02. The molecule has 1 aromatic heterocycles. The first-order chi connectivity index (χ1) is 14.9. The first-order valence-corrected chi connectivity index (χ1v) is 12.4. The molecule has 0 amide bonds. The van der Waals surface area contributed by atoms with Gasteiger partial charge in [0, 0.05) is 45.0 Å². The van der Waals surface area contributed by atoms with Crippen molar-refractivity contribution in [2.75, 3.05) is 37.8 Å². The predicted molar refractivity (Wildman–Crippen MR) is 139 cm³/mol. The standard InChI is InChI=1S/C23H36FN5S2/c1-6-9-10-14-29(8-3)21-12-11-20(22(24)27-21)23(31-5)26-18(7-2)13-15-28(4)19(16-25)17-30/h7,11-12,16-17,25,30H,6,8-10,13-15H2,1-5H3/b18-7+,19-17+,25-16?,26-23-. The van der Waals surface area contributed by atoms with Crippen LogP contribution in [0.25, 0.3) is 0 Å². The van der Waals surface area contributed by atoms with E-state index in [0.717, 1.165) is 43.7 Å². The molecule has 0 unspecified atom stereocenters. The number of halogens is 1. The van der Waals surface area contributed by atoms with Crippen LogP contribution in [0.1, 0.15) is 52.0 Å². The topological polar surface area (TPSA) is 55.6 Å². The maximum atomic E-state index is 14.9. The summed E-state index contributed by atoms with van der Waals surface area (Å²) in [6, 6.07) is 3.67. The van der Waals surface area contributed by atoms with Crippen molar-refractivity contribution >= 4 is 41.5 Å². The Morgan fingerprint density at radius 1 is 1.29 bits per heavy atom. The van der Waals surface area contributed by atoms with Crippen molar-refractivity contribution in [3.05, 3.63) is 46.5 Å². The molecule has 0 atom stereocenters. The van der Waals surface area contributed by atoms with Gasteiger partial charge in [-0.05, 0) is 44.1 Å². The number of unbranched alkanes of at least 4 members (excludes halogenated alkanes) is 2. The van der Waals surface area contributed by atoms with Crippen molar-refractivity contribution in [2.24, 2.45) is 4.99 Å². The molecule has 1 N–H and O–H groups in total. The van der Waals surface area contributed by atoms with Gasteiger partial charge in [-0.15, -0.1) is 24.4 Å². The zero-order valence-electron chi connectivity index (χ0n) is 19.4. The van der Waals surface area contributed by atoms with E-state index >= 15 is 0 Å². The predicted octanol–water partition coefficient (Wildman–Crippen LogP) is 5.99. The second kappa shape index (κ2) is 15.1. The van der Waals surface area contributed by atoms with Crippen LogP contribution >= 0.6 is 24.4 Å². The van der Waals surface area contributed by atoms with Crippen LogP contribution in [-0.4, -0.2) is 54.1 Å². The number of anilines is 1. The van der Waals surface area contributed by atoms with E-state index in [1.54, 1.807) is 11.5 Å². The van der Waals surface area contributed by atoms with Crippen molar-refractivity contribution in [3.63, 3.8) is 0 Å². The number of hydrogen-bond donors (Lipinski definition) is 2. The van der Waals surface area contributed by atoms with Gasteiger partial charge in [0.25, 0.3) is 0 Å². The number of hydrogen-bond acceptors (Lipinski definition) is 7. The zero-order chi connectivity index (χ0) is 23.2. The molecular formula is C23H36FN5S2. The van der Waals surface area contributed by atoms with Gasteiger partial charge >= 0.3 is 0 Å². The molecule has 0 aliphatic carbocycles. The number of nitrogens with zero attached hydrogens (tertiary/aromatic N) is 4. The molecule has 172 valence electrons. The van der Waals surface area contributed by atoms with Crippen LogP contribution in [0.3, 0.4) is 0 Å². The highest BCUT2D eigenvalue weighted by Gasteiger charge is 2.15. The number of aliphatic imine (C=N–C) groups is 1. The van der Waals surface area contributed by atoms with Crippen LogP contribution in [-0.2, 0) is 0 Å². The van der Waals surface area contributed by atoms with Crippen molar-refractivity contribution in [1.82, 2.24) is 9.88 Å². The summed E-state index contributed by atoms with van der Waals surface area (Å²) in [5, 5.41) is 9.64. The van der Waals surface area contributed by atoms with Gasteiger partial charge < -0.3 is 15.2 Å². The summed E-state index contributed by atoms with van der Waals surface area (Å²) < 4.78 is 14.9. The van der Waals surface area contributed by atoms with Gasteiger partial charge in [-0.3, -0.25) is 0 Å². The number of allylic oxidation sites excluding steroid dienone is 2. The lowest BCUT2D eigenvalue weighted by Crippen LogP contribution is -2.25. The number of nitrogens with one attached hydrogen (secondary N) is 1. The Bertz CT molecular complexity index is 792. The van der Waals surface area contributed by atoms with E-state index in [4.69, 9.17) is 10.4 Å². The van der Waals surface area contributed by atoms with Crippen LogP contribution in [0.5, 0.6) is 0 Å². The van der Waals surface area contributed by atoms with Gasteiger partial charge in [-0.25, -0.2) is 9.98 Å². The van der Waals surface area contributed by atoms with Gasteiger partial charge in [0.2, 0.25) is 5.95 Å². The van der Waals surface area contributed by atoms with E-state index in [9.17, 15) is 4.39 Å². The van der Waals surface area contributed by atoms with E-state index < -0.39 is 5.95 Å². The smallest absolute Gasteiger partial charge is 0.224 e. The SMILES string of the molecule is C/C=C(CCN(C)/C(C=N)=C/S)/N=C(\SC)c1ccc(N(CC)CCCCC)nc1F. The molecule has 0 radical (unpaired) electrons. The maximum Gasteiger partial charge on any atom is 0.224 e. The molecule has 0 aliphatic heterocycles. The number of thioether (sulfide) groups is 1. The highest BCUT2D eigenvalue weighted by atomic mass is 32.2. The van der Waals surface area contributed by atoms with Crippen LogP contribution in [0.4, 0.5) is 10.2 Å². The average Bonchev–Trinajstić information content (AvgIpc) is 2.78. The van der Waals surface area contributed by atoms with Gasteiger partial charge in [0.05, 0.1) is 11.3 Å². The highest BCUT2D eigenvalue weighted by molar-refractivity contribution is 8.13. The van der Waals surface area contributed by atoms with Crippen LogP contribution in [0.15, 0.2) is 40.0 Å². The molecule has 0 bridgehead atoms. The van der Waals surface area contributed by atoms with Gasteiger partial charge in [0.15, 0.2) is 0 Å². The third kappa shape index (κ3) is 8.69. The first-order valence-electron chi connectivity index (χ1n) is 10.7. The monoisotopic (exact) mass is 465 g/mol. The molecule has 31 heavy (non-hydrogen) atoms. The second-order valence-electron chi connectivity index (χ2n) is 7.07. The number of thiol groups is 1. The molecule has 1 aromatic rings. The fourth-order valence-corrected chi connectivity index (χ4v) is 3.87. The van der Waals surface area contributed by atoms with Crippen LogP contribution < -0.4 is 4.90 Å². The van der Waals surface area contributed by atoms with Crippen molar-refractivity contribution < 1.29 is 4.39 Å². The summed E-state index contributed by atoms with van der Waals surface area (Å²) >= 11 is 5.54. The van der Waals surface area contributed by atoms with Crippen LogP contribution in [0, 0.1) is 11.4 Å².